The van der Waals surface area contributed by atoms with Gasteiger partial charge in [0.2, 0.25) is 0 Å². The number of allylic oxidation sites excluding steroid dienone is 6. The van der Waals surface area contributed by atoms with Gasteiger partial charge in [0, 0.05) is 0 Å². The van der Waals surface area contributed by atoms with Crippen LogP contribution in [0, 0.1) is 105 Å². The van der Waals surface area contributed by atoms with E-state index in [0.29, 0.717) is 52.3 Å². The van der Waals surface area contributed by atoms with Gasteiger partial charge in [0.05, 0.1) is 18.2 Å². The number of rotatable bonds is 12. The number of hydrogen-bond donors (Lipinski definition) is 2. The number of hydrogen-bond acceptors (Lipinski definition) is 6. The fourth-order valence-corrected chi connectivity index (χ4v) is 20.3. The van der Waals surface area contributed by atoms with Crippen molar-refractivity contribution in [1.29, 1.82) is 0 Å². The highest BCUT2D eigenvalue weighted by Crippen LogP contribution is 2.69. The van der Waals surface area contributed by atoms with E-state index in [4.69, 9.17) is 13.5 Å². The Hall–Kier alpha value is -1.30. The Kier molecular flexibility index (Phi) is 16.7. The summed E-state index contributed by atoms with van der Waals surface area (Å²) in [6.07, 6.45) is 34.4. The molecule has 8 nitrogen and oxygen atoms in total. The fourth-order valence-electron chi connectivity index (χ4n) is 18.6. The summed E-state index contributed by atoms with van der Waals surface area (Å²) in [4.78, 5) is 0. The quantitative estimate of drug-likeness (QED) is 0.188. The zero-order chi connectivity index (χ0) is 49.4. The van der Waals surface area contributed by atoms with Crippen LogP contribution in [0.25, 0.3) is 0 Å². The Labute approximate surface area is 423 Å². The van der Waals surface area contributed by atoms with Gasteiger partial charge in [-0.15, -0.1) is 0 Å². The summed E-state index contributed by atoms with van der Waals surface area (Å²) in [5.74, 6) is 10.2. The van der Waals surface area contributed by atoms with Gasteiger partial charge in [-0.25, -0.2) is 5.14 Å². The van der Waals surface area contributed by atoms with Crippen molar-refractivity contribution in [3.63, 3.8) is 0 Å². The summed E-state index contributed by atoms with van der Waals surface area (Å²) in [7, 11) is -7.48. The van der Waals surface area contributed by atoms with Gasteiger partial charge in [-0.2, -0.15) is 21.6 Å². The fraction of sp³-hybridized carbons (Fsp3) is 0.864. The van der Waals surface area contributed by atoms with Gasteiger partial charge in [-0.1, -0.05) is 133 Å². The lowest BCUT2D eigenvalue weighted by Gasteiger charge is -2.59. The number of nitrogens with two attached hydrogens (primary N) is 1. The van der Waals surface area contributed by atoms with E-state index in [-0.39, 0.29) is 36.5 Å². The van der Waals surface area contributed by atoms with E-state index in [2.05, 4.69) is 124 Å². The van der Waals surface area contributed by atoms with Crippen molar-refractivity contribution in [2.45, 2.75) is 218 Å². The molecule has 19 atom stereocenters. The summed E-state index contributed by atoms with van der Waals surface area (Å²) in [5, 5.41) is 5.17. The van der Waals surface area contributed by atoms with E-state index in [1.165, 1.54) is 75.4 Å². The largest absolute Gasteiger partial charge is 0.336 e. The van der Waals surface area contributed by atoms with Gasteiger partial charge in [-0.05, 0) is 219 Å². The highest BCUT2D eigenvalue weighted by atomic mass is 32.2. The third kappa shape index (κ3) is 10.4. The highest BCUT2D eigenvalue weighted by Gasteiger charge is 2.62. The van der Waals surface area contributed by atoms with Gasteiger partial charge in [-0.3, -0.25) is 8.37 Å². The van der Waals surface area contributed by atoms with Crippen LogP contribution in [-0.2, 0) is 29.0 Å². The average Bonchev–Trinajstić information content (AvgIpc) is 3.92. The molecule has 1 heterocycles. The molecule has 7 fully saturated rings. The number of fused-ring (bicyclic) bond motifs is 12. The second-order valence-corrected chi connectivity index (χ2v) is 28.7. The summed E-state index contributed by atoms with van der Waals surface area (Å²) >= 11 is 0. The normalized spacial score (nSPS) is 43.9. The Morgan fingerprint density at radius 1 is 0.696 bits per heavy atom. The highest BCUT2D eigenvalue weighted by molar-refractivity contribution is 7.85. The van der Waals surface area contributed by atoms with Gasteiger partial charge in [0.15, 0.2) is 0 Å². The summed E-state index contributed by atoms with van der Waals surface area (Å²) in [6.45, 7) is 29.1. The molecule has 1 saturated heterocycles. The van der Waals surface area contributed by atoms with Gasteiger partial charge in [0.25, 0.3) is 0 Å². The third-order valence-electron chi connectivity index (χ3n) is 22.4. The maximum absolute atomic E-state index is 12.1. The predicted molar refractivity (Wildman–Crippen MR) is 285 cm³/mol. The first kappa shape index (κ1) is 55.5. The molecule has 8 aliphatic carbocycles. The molecule has 0 amide bonds. The maximum Gasteiger partial charge on any atom is 0.336 e. The van der Waals surface area contributed by atoms with Crippen molar-refractivity contribution in [3.8, 4) is 0 Å². The lowest BCUT2D eigenvalue weighted by molar-refractivity contribution is -0.0530. The van der Waals surface area contributed by atoms with Crippen LogP contribution in [0.1, 0.15) is 200 Å². The molecule has 0 aromatic heterocycles. The summed E-state index contributed by atoms with van der Waals surface area (Å²) in [6, 6.07) is -0.146. The Bertz CT molecular complexity index is 2160. The molecule has 3 N–H and O–H groups in total. The molecule has 10 heteroatoms. The lowest BCUT2D eigenvalue weighted by atomic mass is 9.46. The van der Waals surface area contributed by atoms with E-state index in [1.54, 1.807) is 0 Å². The van der Waals surface area contributed by atoms with Crippen LogP contribution in [-0.4, -0.2) is 35.1 Å². The third-order valence-corrected chi connectivity index (χ3v) is 24.0. The Morgan fingerprint density at radius 2 is 1.19 bits per heavy atom. The topological polar surface area (TPSA) is 125 Å². The van der Waals surface area contributed by atoms with Crippen LogP contribution in [0.15, 0.2) is 47.6 Å². The molecular formula is C59H100N2O6S2. The molecule has 9 aliphatic rings. The second kappa shape index (κ2) is 20.8. The van der Waals surface area contributed by atoms with Crippen LogP contribution in [0.2, 0.25) is 0 Å². The molecule has 0 radical (unpaired) electrons. The molecule has 0 unspecified atom stereocenters. The van der Waals surface area contributed by atoms with Crippen LogP contribution < -0.4 is 9.86 Å². The van der Waals surface area contributed by atoms with Crippen molar-refractivity contribution in [1.82, 2.24) is 4.72 Å². The SMILES string of the molecule is C.CC[C@H](/C=C/[C@@H](C)[C@H]1CC[C@H]2[C@@H]3CC=C4C[C@@H](OS(N)(=O)=O)CC[C@]4(C)[C@H]3CC[C@]12C)C(C)C.CC[C@H](/C=C/[C@@H](C)[C@H]1CC[C@H]2[C@@H]3CC=C4[C@H]5NS(=O)(=O)O[C@H]5CC[C@]4(C)[C@H]3CC[C@]12C)C(C)C. The molecule has 1 aliphatic heterocycles. The van der Waals surface area contributed by atoms with Crippen LogP contribution in [0.5, 0.6) is 0 Å². The van der Waals surface area contributed by atoms with Crippen molar-refractivity contribution < 1.29 is 25.2 Å². The molecule has 0 spiro atoms. The van der Waals surface area contributed by atoms with Crippen molar-refractivity contribution >= 4 is 20.6 Å². The van der Waals surface area contributed by atoms with E-state index < -0.39 is 20.6 Å². The summed E-state index contributed by atoms with van der Waals surface area (Å²) < 4.78 is 60.7. The molecule has 0 aromatic carbocycles. The van der Waals surface area contributed by atoms with Crippen LogP contribution in [0.4, 0.5) is 0 Å². The molecule has 0 bridgehead atoms. The standard InChI is InChI=1S/C29H47NO3S.C29H49NO3S.CH4/c1-7-20(18(2)3)9-8-19(4)22-12-13-23-21-10-11-25-27-26(33-34(31,32)30-27)15-17-29(25,6)24(21)14-16-28(22,23)5;1-7-21(19(2)3)9-8-20(4)25-12-13-26-24-11-10-22-18-23(33-34(30,31)32)14-16-28(22,5)27(24)15-17-29(25,26)6;/h8-9,11,18-24,26-27,30H,7,10,12-17H2,1-6H3;8-10,19-21,23-27H,7,11-18H2,1-6H3,(H2,30,31,32);1H4/b2*9-8+;/t19-,20-,21+,22-,23+,24+,26+,27-,28-,29-;20-,21-,23+,24+,25-,26+,27+,28+,29-;/m11./s1. The van der Waals surface area contributed by atoms with Crippen molar-refractivity contribution in [2.75, 3.05) is 0 Å². The van der Waals surface area contributed by atoms with Crippen molar-refractivity contribution in [2.24, 2.45) is 110 Å². The summed E-state index contributed by atoms with van der Waals surface area (Å²) in [5.41, 5.74) is 3.94. The molecular weight excluding hydrogens is 897 g/mol. The van der Waals surface area contributed by atoms with E-state index >= 15 is 0 Å². The molecule has 394 valence electrons. The molecule has 69 heavy (non-hydrogen) atoms. The van der Waals surface area contributed by atoms with Gasteiger partial charge in [0.1, 0.15) is 0 Å². The zero-order valence-electron chi connectivity index (χ0n) is 44.6. The minimum Gasteiger partial charge on any atom is -0.255 e. The van der Waals surface area contributed by atoms with Gasteiger partial charge >= 0.3 is 20.6 Å². The first-order chi connectivity index (χ1) is 31.9. The number of nitrogens with one attached hydrogen (secondary N) is 1. The minimum atomic E-state index is -3.89. The smallest absolute Gasteiger partial charge is 0.255 e. The monoisotopic (exact) mass is 997 g/mol. The molecule has 9 rings (SSSR count). The van der Waals surface area contributed by atoms with Crippen LogP contribution >= 0.6 is 0 Å². The Balaban J connectivity index is 0.000000201. The minimum absolute atomic E-state index is 0. The van der Waals surface area contributed by atoms with E-state index in [9.17, 15) is 16.8 Å². The lowest BCUT2D eigenvalue weighted by Crippen LogP contribution is -2.54. The first-order valence-corrected chi connectivity index (χ1v) is 30.9. The molecule has 0 aromatic rings. The zero-order valence-corrected chi connectivity index (χ0v) is 46.3. The van der Waals surface area contributed by atoms with E-state index in [1.807, 2.05) is 0 Å². The van der Waals surface area contributed by atoms with Gasteiger partial charge < -0.3 is 0 Å². The first-order valence-electron chi connectivity index (χ1n) is 28.1. The van der Waals surface area contributed by atoms with E-state index in [0.717, 1.165) is 86.4 Å². The van der Waals surface area contributed by atoms with Crippen LogP contribution in [0.3, 0.4) is 0 Å². The average molecular weight is 998 g/mol. The van der Waals surface area contributed by atoms with Crippen molar-refractivity contribution in [3.05, 3.63) is 47.6 Å². The second-order valence-electron chi connectivity index (χ2n) is 26.2. The maximum atomic E-state index is 12.1. The predicted octanol–water partition coefficient (Wildman–Crippen LogP) is 14.3. The Morgan fingerprint density at radius 3 is 1.68 bits per heavy atom. The molecule has 6 saturated carbocycles.